The summed E-state index contributed by atoms with van der Waals surface area (Å²) in [5, 5.41) is 11.0. The third kappa shape index (κ3) is 5.38. The van der Waals surface area contributed by atoms with E-state index in [-0.39, 0.29) is 49.2 Å². The first-order valence-corrected chi connectivity index (χ1v) is 6.69. The number of carbonyl (C=O) groups is 1. The van der Waals surface area contributed by atoms with Crippen LogP contribution in [0.5, 0.6) is 11.5 Å². The van der Waals surface area contributed by atoms with E-state index in [1.54, 1.807) is 0 Å². The minimum atomic E-state index is -0.766. The highest BCUT2D eigenvalue weighted by atomic mass is 16.6. The average Bonchev–Trinajstić information content (AvgIpc) is 2.55. The maximum Gasteiger partial charge on any atom is 0.342 e. The first-order chi connectivity index (χ1) is 11.0. The molecule has 0 bridgehead atoms. The summed E-state index contributed by atoms with van der Waals surface area (Å²) in [5.74, 6) is -0.638. The highest BCUT2D eigenvalue weighted by Gasteiger charge is 2.24. The fourth-order valence-corrected chi connectivity index (χ4v) is 1.67. The summed E-state index contributed by atoms with van der Waals surface area (Å²) in [4.78, 5) is 22.3. The van der Waals surface area contributed by atoms with Crippen LogP contribution in [0.25, 0.3) is 0 Å². The molecule has 9 nitrogen and oxygen atoms in total. The number of benzene rings is 1. The smallest absolute Gasteiger partial charge is 0.342 e. The van der Waals surface area contributed by atoms with E-state index >= 15 is 0 Å². The summed E-state index contributed by atoms with van der Waals surface area (Å²) in [7, 11) is 4.16. The predicted octanol–water partition coefficient (Wildman–Crippen LogP) is 1.43. The van der Waals surface area contributed by atoms with Crippen LogP contribution < -0.4 is 9.47 Å². The zero-order valence-electron chi connectivity index (χ0n) is 13.2. The Bertz CT molecular complexity index is 546. The van der Waals surface area contributed by atoms with Crippen molar-refractivity contribution in [2.24, 2.45) is 0 Å². The number of ether oxygens (including phenoxy) is 5. The lowest BCUT2D eigenvalue weighted by Gasteiger charge is -2.15. The second-order valence-corrected chi connectivity index (χ2v) is 4.25. The van der Waals surface area contributed by atoms with E-state index in [1.165, 1.54) is 27.4 Å². The Kier molecular flexibility index (Phi) is 7.78. The van der Waals surface area contributed by atoms with Crippen LogP contribution in [0, 0.1) is 10.1 Å². The molecule has 0 aliphatic carbocycles. The van der Waals surface area contributed by atoms with Gasteiger partial charge in [-0.1, -0.05) is 0 Å². The minimum Gasteiger partial charge on any atom is -0.487 e. The molecule has 0 aromatic heterocycles. The van der Waals surface area contributed by atoms with E-state index in [2.05, 4.69) is 4.74 Å². The van der Waals surface area contributed by atoms with Gasteiger partial charge in [0, 0.05) is 20.3 Å². The second-order valence-electron chi connectivity index (χ2n) is 4.25. The van der Waals surface area contributed by atoms with E-state index in [1.807, 2.05) is 0 Å². The molecular formula is C14H19NO8. The number of methoxy groups -OCH3 is 3. The van der Waals surface area contributed by atoms with Crippen molar-refractivity contribution in [3.63, 3.8) is 0 Å². The van der Waals surface area contributed by atoms with E-state index < -0.39 is 10.9 Å². The summed E-state index contributed by atoms with van der Waals surface area (Å²) >= 11 is 0. The van der Waals surface area contributed by atoms with Crippen molar-refractivity contribution in [2.75, 3.05) is 47.8 Å². The summed E-state index contributed by atoms with van der Waals surface area (Å²) in [6.07, 6.45) is 0. The van der Waals surface area contributed by atoms with Crippen molar-refractivity contribution >= 4 is 11.7 Å². The molecule has 1 aromatic carbocycles. The molecule has 0 atom stereocenters. The van der Waals surface area contributed by atoms with Crippen molar-refractivity contribution in [3.05, 3.63) is 27.8 Å². The molecule has 9 heteroatoms. The van der Waals surface area contributed by atoms with Gasteiger partial charge in [0.25, 0.3) is 5.69 Å². The lowest BCUT2D eigenvalue weighted by molar-refractivity contribution is -0.385. The number of hydrogen-bond acceptors (Lipinski definition) is 8. The van der Waals surface area contributed by atoms with Crippen LogP contribution in [-0.2, 0) is 14.2 Å². The largest absolute Gasteiger partial charge is 0.487 e. The van der Waals surface area contributed by atoms with Gasteiger partial charge >= 0.3 is 5.97 Å². The van der Waals surface area contributed by atoms with Gasteiger partial charge in [-0.2, -0.15) is 0 Å². The van der Waals surface area contributed by atoms with Crippen LogP contribution in [-0.4, -0.2) is 58.6 Å². The van der Waals surface area contributed by atoms with Gasteiger partial charge in [0.1, 0.15) is 18.8 Å². The Balaban J connectivity index is 3.25. The molecule has 0 amide bonds. The fourth-order valence-electron chi connectivity index (χ4n) is 1.67. The lowest BCUT2D eigenvalue weighted by Crippen LogP contribution is -2.13. The molecule has 0 aliphatic rings. The van der Waals surface area contributed by atoms with Crippen LogP contribution in [0.4, 0.5) is 5.69 Å². The monoisotopic (exact) mass is 329 g/mol. The number of carbonyl (C=O) groups excluding carboxylic acids is 1. The second kappa shape index (κ2) is 9.59. The van der Waals surface area contributed by atoms with Crippen molar-refractivity contribution in [1.29, 1.82) is 0 Å². The van der Waals surface area contributed by atoms with Crippen LogP contribution in [0.3, 0.4) is 0 Å². The van der Waals surface area contributed by atoms with Crippen molar-refractivity contribution in [2.45, 2.75) is 0 Å². The topological polar surface area (TPSA) is 106 Å². The Morgan fingerprint density at radius 2 is 1.65 bits per heavy atom. The van der Waals surface area contributed by atoms with Crippen molar-refractivity contribution in [1.82, 2.24) is 0 Å². The molecule has 0 aliphatic heterocycles. The lowest BCUT2D eigenvalue weighted by atomic mass is 10.1. The normalized spacial score (nSPS) is 10.2. The van der Waals surface area contributed by atoms with Gasteiger partial charge in [-0.15, -0.1) is 0 Å². The first-order valence-electron chi connectivity index (χ1n) is 6.69. The maximum atomic E-state index is 11.9. The van der Waals surface area contributed by atoms with Crippen LogP contribution in [0.2, 0.25) is 0 Å². The first kappa shape index (κ1) is 18.7. The quantitative estimate of drug-likeness (QED) is 0.275. The highest BCUT2D eigenvalue weighted by Crippen LogP contribution is 2.36. The zero-order valence-corrected chi connectivity index (χ0v) is 13.2. The minimum absolute atomic E-state index is 0.0627. The van der Waals surface area contributed by atoms with Crippen LogP contribution in [0.1, 0.15) is 10.4 Å². The van der Waals surface area contributed by atoms with E-state index in [4.69, 9.17) is 18.9 Å². The molecule has 0 unspecified atom stereocenters. The molecule has 128 valence electrons. The Hall–Kier alpha value is -2.39. The van der Waals surface area contributed by atoms with Crippen LogP contribution >= 0.6 is 0 Å². The number of hydrogen-bond donors (Lipinski definition) is 0. The Morgan fingerprint density at radius 1 is 1.04 bits per heavy atom. The number of nitro groups is 1. The standard InChI is InChI=1S/C14H19NO8/c1-19-4-6-22-12-9-10(15(17)18)8-11(14(16)21-3)13(12)23-7-5-20-2/h8-9H,4-7H2,1-3H3. The molecule has 0 spiro atoms. The highest BCUT2D eigenvalue weighted by molar-refractivity contribution is 5.94. The molecule has 0 saturated heterocycles. The third-order valence-corrected chi connectivity index (χ3v) is 2.73. The average molecular weight is 329 g/mol. The summed E-state index contributed by atoms with van der Waals surface area (Å²) in [5.41, 5.74) is -0.401. The van der Waals surface area contributed by atoms with E-state index in [0.717, 1.165) is 6.07 Å². The van der Waals surface area contributed by atoms with Crippen molar-refractivity contribution in [3.8, 4) is 11.5 Å². The summed E-state index contributed by atoms with van der Waals surface area (Å²) in [6, 6.07) is 2.27. The zero-order chi connectivity index (χ0) is 17.2. The molecule has 1 aromatic rings. The molecular weight excluding hydrogens is 310 g/mol. The van der Waals surface area contributed by atoms with Crippen LogP contribution in [0.15, 0.2) is 12.1 Å². The number of rotatable bonds is 10. The Labute approximate surface area is 133 Å². The molecule has 0 saturated carbocycles. The van der Waals surface area contributed by atoms with Gasteiger partial charge in [0.05, 0.1) is 31.3 Å². The summed E-state index contributed by atoms with van der Waals surface area (Å²) < 4.78 is 25.3. The third-order valence-electron chi connectivity index (χ3n) is 2.73. The maximum absolute atomic E-state index is 11.9. The fraction of sp³-hybridized carbons (Fsp3) is 0.500. The number of nitro benzene ring substituents is 1. The number of nitrogens with zero attached hydrogens (tertiary/aromatic N) is 1. The van der Waals surface area contributed by atoms with E-state index in [9.17, 15) is 14.9 Å². The molecule has 23 heavy (non-hydrogen) atoms. The molecule has 1 rings (SSSR count). The number of esters is 1. The van der Waals surface area contributed by atoms with Crippen molar-refractivity contribution < 1.29 is 33.4 Å². The molecule has 0 N–H and O–H groups in total. The van der Waals surface area contributed by atoms with Gasteiger partial charge in [-0.05, 0) is 0 Å². The molecule has 0 fully saturated rings. The van der Waals surface area contributed by atoms with Gasteiger partial charge < -0.3 is 23.7 Å². The molecule has 0 radical (unpaired) electrons. The number of non-ortho nitro benzene ring substituents is 1. The molecule has 0 heterocycles. The predicted molar refractivity (Wildman–Crippen MR) is 79.2 cm³/mol. The van der Waals surface area contributed by atoms with Gasteiger partial charge in [-0.25, -0.2) is 4.79 Å². The SMILES string of the molecule is COCCOc1cc([N+](=O)[O-])cc(C(=O)OC)c1OCCOC. The van der Waals surface area contributed by atoms with Gasteiger partial charge in [0.2, 0.25) is 0 Å². The Morgan fingerprint density at radius 3 is 2.17 bits per heavy atom. The summed E-state index contributed by atoms with van der Waals surface area (Å²) in [6.45, 7) is 0.820. The van der Waals surface area contributed by atoms with E-state index in [0.29, 0.717) is 0 Å². The van der Waals surface area contributed by atoms with Gasteiger partial charge in [0.15, 0.2) is 11.5 Å². The van der Waals surface area contributed by atoms with Gasteiger partial charge in [-0.3, -0.25) is 10.1 Å².